The number of benzene rings is 9. The van der Waals surface area contributed by atoms with Crippen LogP contribution in [-0.4, -0.2) is 0 Å². The van der Waals surface area contributed by atoms with E-state index < -0.39 is 0 Å². The van der Waals surface area contributed by atoms with E-state index in [9.17, 15) is 0 Å². The molecule has 0 aliphatic rings. The molecule has 0 atom stereocenters. The molecule has 0 radical (unpaired) electrons. The fraction of sp³-hybridized carbons (Fsp3) is 0. The Bertz CT molecular complexity index is 3200. The Morgan fingerprint density at radius 2 is 0.782 bits per heavy atom. The van der Waals surface area contributed by atoms with Gasteiger partial charge in [0, 0.05) is 57.4 Å². The number of nitrogens with zero attached hydrogens (tertiary/aromatic N) is 1. The van der Waals surface area contributed by atoms with Crippen molar-refractivity contribution in [3.63, 3.8) is 0 Å². The summed E-state index contributed by atoms with van der Waals surface area (Å²) in [6, 6.07) is 73.5. The van der Waals surface area contributed by atoms with Crippen LogP contribution >= 0.6 is 22.7 Å². The zero-order valence-corrected chi connectivity index (χ0v) is 31.4. The van der Waals surface area contributed by atoms with Crippen LogP contribution < -0.4 is 4.90 Å². The Kier molecular flexibility index (Phi) is 7.61. The molecule has 0 fully saturated rings. The third-order valence-corrected chi connectivity index (χ3v) is 13.2. The van der Waals surface area contributed by atoms with Crippen molar-refractivity contribution in [1.82, 2.24) is 0 Å². The van der Waals surface area contributed by atoms with Gasteiger partial charge in [0.05, 0.1) is 0 Å². The largest absolute Gasteiger partial charge is 0.310 e. The van der Waals surface area contributed by atoms with Gasteiger partial charge < -0.3 is 4.90 Å². The summed E-state index contributed by atoms with van der Waals surface area (Å²) in [7, 11) is 0. The smallest absolute Gasteiger partial charge is 0.0468 e. The van der Waals surface area contributed by atoms with Gasteiger partial charge in [0.25, 0.3) is 0 Å². The lowest BCUT2D eigenvalue weighted by Crippen LogP contribution is -2.09. The number of thiophene rings is 2. The fourth-order valence-electron chi connectivity index (χ4n) is 8.16. The summed E-state index contributed by atoms with van der Waals surface area (Å²) < 4.78 is 5.28. The van der Waals surface area contributed by atoms with Crippen LogP contribution in [-0.2, 0) is 0 Å². The Morgan fingerprint density at radius 3 is 1.53 bits per heavy atom. The molecule has 258 valence electrons. The molecule has 0 bridgehead atoms. The van der Waals surface area contributed by atoms with Crippen LogP contribution in [0, 0.1) is 0 Å². The van der Waals surface area contributed by atoms with Gasteiger partial charge in [-0.2, -0.15) is 0 Å². The normalized spacial score (nSPS) is 11.6. The zero-order chi connectivity index (χ0) is 36.3. The standard InChI is InChI=1S/C52H33NS2/c1-2-13-43-36(9-1)10-8-16-44(43)39-12-7-11-37(31-39)34-19-24-40(25-20-34)53(42-28-30-51-48(33-42)46-15-4-6-18-50(46)54-51)41-26-21-35(22-27-41)38-23-29-47-45-14-3-5-17-49(45)55-52(47)32-38/h1-33H. The van der Waals surface area contributed by atoms with Crippen molar-refractivity contribution in [2.24, 2.45) is 0 Å². The molecule has 0 aliphatic carbocycles. The van der Waals surface area contributed by atoms with Crippen molar-refractivity contribution < 1.29 is 0 Å². The number of hydrogen-bond donors (Lipinski definition) is 0. The molecule has 2 aromatic heterocycles. The lowest BCUT2D eigenvalue weighted by atomic mass is 9.95. The van der Waals surface area contributed by atoms with Crippen molar-refractivity contribution in [3.05, 3.63) is 200 Å². The van der Waals surface area contributed by atoms with E-state index in [2.05, 4.69) is 205 Å². The average Bonchev–Trinajstić information content (AvgIpc) is 3.82. The second-order valence-electron chi connectivity index (χ2n) is 14.1. The van der Waals surface area contributed by atoms with Crippen LogP contribution in [0.1, 0.15) is 0 Å². The molecule has 9 aromatic carbocycles. The van der Waals surface area contributed by atoms with E-state index in [4.69, 9.17) is 0 Å². The minimum atomic E-state index is 1.12. The predicted molar refractivity (Wildman–Crippen MR) is 241 cm³/mol. The summed E-state index contributed by atoms with van der Waals surface area (Å²) in [6.07, 6.45) is 0. The van der Waals surface area contributed by atoms with Crippen LogP contribution in [0.15, 0.2) is 200 Å². The molecule has 0 aliphatic heterocycles. The molecule has 0 saturated carbocycles. The topological polar surface area (TPSA) is 3.24 Å². The first-order valence-electron chi connectivity index (χ1n) is 18.7. The molecule has 0 unspecified atom stereocenters. The van der Waals surface area contributed by atoms with Crippen LogP contribution in [0.2, 0.25) is 0 Å². The third-order valence-electron chi connectivity index (χ3n) is 10.9. The highest BCUT2D eigenvalue weighted by molar-refractivity contribution is 7.26. The van der Waals surface area contributed by atoms with Crippen molar-refractivity contribution >= 4 is 90.9 Å². The number of hydrogen-bond acceptors (Lipinski definition) is 3. The summed E-state index contributed by atoms with van der Waals surface area (Å²) in [5.74, 6) is 0. The second-order valence-corrected chi connectivity index (χ2v) is 16.3. The van der Waals surface area contributed by atoms with Gasteiger partial charge in [-0.05, 0) is 111 Å². The first-order chi connectivity index (χ1) is 27.2. The summed E-state index contributed by atoms with van der Waals surface area (Å²) in [6.45, 7) is 0. The Morgan fingerprint density at radius 1 is 0.273 bits per heavy atom. The quantitative estimate of drug-likeness (QED) is 0.164. The molecule has 1 nitrogen and oxygen atoms in total. The number of rotatable bonds is 6. The second kappa shape index (κ2) is 13.1. The fourth-order valence-corrected chi connectivity index (χ4v) is 10.4. The van der Waals surface area contributed by atoms with Crippen molar-refractivity contribution in [1.29, 1.82) is 0 Å². The maximum Gasteiger partial charge on any atom is 0.0468 e. The van der Waals surface area contributed by atoms with E-state index in [1.165, 1.54) is 84.5 Å². The van der Waals surface area contributed by atoms with Crippen LogP contribution in [0.4, 0.5) is 17.1 Å². The molecule has 11 aromatic rings. The van der Waals surface area contributed by atoms with Gasteiger partial charge in [-0.3, -0.25) is 0 Å². The molecule has 3 heteroatoms. The molecule has 0 saturated heterocycles. The molecule has 0 spiro atoms. The van der Waals surface area contributed by atoms with Crippen molar-refractivity contribution in [2.75, 3.05) is 4.90 Å². The van der Waals surface area contributed by atoms with Gasteiger partial charge in [-0.1, -0.05) is 133 Å². The van der Waals surface area contributed by atoms with Gasteiger partial charge in [0.1, 0.15) is 0 Å². The van der Waals surface area contributed by atoms with E-state index in [0.29, 0.717) is 0 Å². The summed E-state index contributed by atoms with van der Waals surface area (Å²) >= 11 is 3.72. The SMILES string of the molecule is c1cc(-c2ccc(N(c3ccc(-c4ccc5c(c4)sc4ccccc45)cc3)c3ccc4sc5ccccc5c4c3)cc2)cc(-c2cccc3ccccc23)c1. The molecular formula is C52H33NS2. The first-order valence-corrected chi connectivity index (χ1v) is 20.3. The summed E-state index contributed by atoms with van der Waals surface area (Å²) in [5, 5.41) is 7.78. The highest BCUT2D eigenvalue weighted by atomic mass is 32.1. The first kappa shape index (κ1) is 32.0. The van der Waals surface area contributed by atoms with Gasteiger partial charge in [0.15, 0.2) is 0 Å². The van der Waals surface area contributed by atoms with Gasteiger partial charge in [0.2, 0.25) is 0 Å². The van der Waals surface area contributed by atoms with E-state index in [1.54, 1.807) is 0 Å². The Hall–Kier alpha value is -6.52. The minimum absolute atomic E-state index is 1.12. The maximum atomic E-state index is 2.39. The summed E-state index contributed by atoms with van der Waals surface area (Å²) in [4.78, 5) is 2.39. The number of anilines is 3. The lowest BCUT2D eigenvalue weighted by Gasteiger charge is -2.26. The van der Waals surface area contributed by atoms with Gasteiger partial charge >= 0.3 is 0 Å². The molecule has 0 amide bonds. The van der Waals surface area contributed by atoms with E-state index in [0.717, 1.165) is 17.1 Å². The van der Waals surface area contributed by atoms with Crippen LogP contribution in [0.25, 0.3) is 84.5 Å². The molecular weight excluding hydrogens is 703 g/mol. The highest BCUT2D eigenvalue weighted by Crippen LogP contribution is 2.42. The third kappa shape index (κ3) is 5.60. The highest BCUT2D eigenvalue weighted by Gasteiger charge is 2.16. The average molecular weight is 736 g/mol. The predicted octanol–water partition coefficient (Wildman–Crippen LogP) is 16.0. The number of fused-ring (bicyclic) bond motifs is 7. The molecule has 55 heavy (non-hydrogen) atoms. The van der Waals surface area contributed by atoms with Crippen molar-refractivity contribution in [3.8, 4) is 33.4 Å². The molecule has 0 N–H and O–H groups in total. The Labute approximate surface area is 327 Å². The minimum Gasteiger partial charge on any atom is -0.310 e. The van der Waals surface area contributed by atoms with E-state index >= 15 is 0 Å². The monoisotopic (exact) mass is 735 g/mol. The van der Waals surface area contributed by atoms with E-state index in [1.807, 2.05) is 22.7 Å². The Balaban J connectivity index is 0.985. The van der Waals surface area contributed by atoms with Crippen LogP contribution in [0.5, 0.6) is 0 Å². The lowest BCUT2D eigenvalue weighted by molar-refractivity contribution is 1.29. The van der Waals surface area contributed by atoms with Gasteiger partial charge in [-0.25, -0.2) is 0 Å². The maximum absolute atomic E-state index is 2.39. The molecule has 11 rings (SSSR count). The molecule has 2 heterocycles. The zero-order valence-electron chi connectivity index (χ0n) is 29.8. The summed E-state index contributed by atoms with van der Waals surface area (Å²) in [5.41, 5.74) is 10.7. The van der Waals surface area contributed by atoms with E-state index in [-0.39, 0.29) is 0 Å². The van der Waals surface area contributed by atoms with Crippen LogP contribution in [0.3, 0.4) is 0 Å². The van der Waals surface area contributed by atoms with Gasteiger partial charge in [-0.15, -0.1) is 22.7 Å². The van der Waals surface area contributed by atoms with Crippen molar-refractivity contribution in [2.45, 2.75) is 0 Å².